The van der Waals surface area contributed by atoms with Gasteiger partial charge in [0.25, 0.3) is 0 Å². The fourth-order valence-electron chi connectivity index (χ4n) is 9.60. The van der Waals surface area contributed by atoms with E-state index in [-0.39, 0.29) is 0 Å². The molecule has 4 heteroatoms. The van der Waals surface area contributed by atoms with E-state index in [1.807, 2.05) is 0 Å². The van der Waals surface area contributed by atoms with Gasteiger partial charge in [-0.3, -0.25) is 0 Å². The van der Waals surface area contributed by atoms with Crippen LogP contribution in [-0.4, -0.2) is 0 Å². The highest BCUT2D eigenvalue weighted by Crippen LogP contribution is 2.85. The van der Waals surface area contributed by atoms with Crippen LogP contribution in [0, 0.1) is 0 Å². The van der Waals surface area contributed by atoms with E-state index in [2.05, 4.69) is 279 Å². The van der Waals surface area contributed by atoms with Crippen molar-refractivity contribution in [3.05, 3.63) is 279 Å². The number of fused-ring (bicyclic) bond motifs is 2. The first kappa shape index (κ1) is 39.9. The van der Waals surface area contributed by atoms with E-state index in [1.54, 1.807) is 0 Å². The highest BCUT2D eigenvalue weighted by molar-refractivity contribution is 8.35. The lowest BCUT2D eigenvalue weighted by atomic mass is 10.3. The summed E-state index contributed by atoms with van der Waals surface area (Å²) in [5.41, 5.74) is 0. The predicted molar refractivity (Wildman–Crippen MR) is 266 cm³/mol. The van der Waals surface area contributed by atoms with Crippen LogP contribution in [0.15, 0.2) is 338 Å². The third-order valence-corrected chi connectivity index (χ3v) is 23.9. The van der Waals surface area contributed by atoms with Crippen LogP contribution < -0.4 is 4.74 Å². The first-order valence-electron chi connectivity index (χ1n) is 21.6. The lowest BCUT2D eigenvalue weighted by Crippen LogP contribution is -2.17. The summed E-state index contributed by atoms with van der Waals surface area (Å²) >= 11 is 0. The van der Waals surface area contributed by atoms with E-state index in [0.717, 1.165) is 11.5 Å². The maximum absolute atomic E-state index is 8.14. The quantitative estimate of drug-likeness (QED) is 0.133. The van der Waals surface area contributed by atoms with Gasteiger partial charge in [0.15, 0.2) is 11.5 Å². The van der Waals surface area contributed by atoms with E-state index in [0.29, 0.717) is 0 Å². The SMILES string of the molecule is c1ccc(S(c2ccccc2)(c2ccccc2)c2cccc3c2Oc2c(S(c4ccccc4)(c4ccccc4)c4ccccc4)cccc2S3(c2ccccc2)c2ccccc2)cc1. The van der Waals surface area contributed by atoms with Crippen LogP contribution in [0.3, 0.4) is 0 Å². The van der Waals surface area contributed by atoms with Gasteiger partial charge in [-0.2, -0.15) is 0 Å². The maximum Gasteiger partial charge on any atom is 0.153 e. The van der Waals surface area contributed by atoms with Crippen LogP contribution in [0.4, 0.5) is 0 Å². The zero-order valence-corrected chi connectivity index (χ0v) is 37.6. The Morgan fingerprint density at radius 2 is 0.469 bits per heavy atom. The van der Waals surface area contributed by atoms with Gasteiger partial charge < -0.3 is 4.74 Å². The fourth-order valence-corrected chi connectivity index (χ4v) is 21.8. The Morgan fingerprint density at radius 1 is 0.234 bits per heavy atom. The molecule has 0 radical (unpaired) electrons. The molecule has 0 saturated carbocycles. The van der Waals surface area contributed by atoms with Crippen molar-refractivity contribution < 1.29 is 4.74 Å². The molecular weight excluding hydrogens is 833 g/mol. The van der Waals surface area contributed by atoms with Gasteiger partial charge in [0.2, 0.25) is 0 Å². The molecule has 1 nitrogen and oxygen atoms in total. The van der Waals surface area contributed by atoms with Crippen molar-refractivity contribution in [3.63, 3.8) is 0 Å². The van der Waals surface area contributed by atoms with Gasteiger partial charge in [-0.25, -0.2) is 0 Å². The first-order chi connectivity index (χ1) is 31.8. The smallest absolute Gasteiger partial charge is 0.153 e. The molecule has 0 aromatic heterocycles. The van der Waals surface area contributed by atoms with Crippen LogP contribution in [0.25, 0.3) is 0 Å². The molecule has 0 spiro atoms. The number of hydrogen-bond donors (Lipinski definition) is 0. The summed E-state index contributed by atoms with van der Waals surface area (Å²) in [6, 6.07) is 103. The zero-order valence-electron chi connectivity index (χ0n) is 35.2. The summed E-state index contributed by atoms with van der Waals surface area (Å²) in [4.78, 5) is 14.8. The van der Waals surface area contributed by atoms with Crippen molar-refractivity contribution in [2.24, 2.45) is 0 Å². The van der Waals surface area contributed by atoms with Gasteiger partial charge >= 0.3 is 0 Å². The Balaban J connectivity index is 1.35. The van der Waals surface area contributed by atoms with Crippen LogP contribution in [0.2, 0.25) is 0 Å². The molecular formula is C60H46OS3. The Bertz CT molecular complexity index is 2740. The molecule has 0 unspecified atom stereocenters. The molecule has 1 heterocycles. The van der Waals surface area contributed by atoms with Gasteiger partial charge in [0.1, 0.15) is 0 Å². The molecule has 1 aliphatic heterocycles. The minimum absolute atomic E-state index is 0.930. The molecule has 0 bridgehead atoms. The summed E-state index contributed by atoms with van der Waals surface area (Å²) in [5.74, 6) is 1.86. The second kappa shape index (κ2) is 17.0. The molecule has 11 rings (SSSR count). The van der Waals surface area contributed by atoms with E-state index in [4.69, 9.17) is 4.74 Å². The normalized spacial score (nSPS) is 13.9. The Labute approximate surface area is 381 Å². The molecule has 0 N–H and O–H groups in total. The minimum atomic E-state index is -2.23. The van der Waals surface area contributed by atoms with Crippen molar-refractivity contribution in [1.29, 1.82) is 0 Å². The summed E-state index contributed by atoms with van der Waals surface area (Å²) in [6.07, 6.45) is 0. The number of ether oxygens (including phenoxy) is 1. The highest BCUT2D eigenvalue weighted by Gasteiger charge is 2.48. The van der Waals surface area contributed by atoms with Crippen molar-refractivity contribution in [1.82, 2.24) is 0 Å². The largest absolute Gasteiger partial charge is 0.453 e. The van der Waals surface area contributed by atoms with Crippen LogP contribution in [0.1, 0.15) is 0 Å². The average Bonchev–Trinajstić information content (AvgIpc) is 3.39. The topological polar surface area (TPSA) is 9.23 Å². The summed E-state index contributed by atoms with van der Waals surface area (Å²) in [5, 5.41) is 0. The van der Waals surface area contributed by atoms with Gasteiger partial charge in [-0.15, -0.1) is 30.1 Å². The van der Waals surface area contributed by atoms with Crippen molar-refractivity contribution in [3.8, 4) is 11.5 Å². The van der Waals surface area contributed by atoms with E-state index in [9.17, 15) is 0 Å². The maximum atomic E-state index is 8.14. The second-order valence-electron chi connectivity index (χ2n) is 15.6. The van der Waals surface area contributed by atoms with Crippen molar-refractivity contribution in [2.75, 3.05) is 0 Å². The third kappa shape index (κ3) is 6.20. The monoisotopic (exact) mass is 878 g/mol. The minimum Gasteiger partial charge on any atom is -0.453 e. The molecule has 310 valence electrons. The number of para-hydroxylation sites is 2. The van der Waals surface area contributed by atoms with Crippen LogP contribution in [0.5, 0.6) is 11.5 Å². The summed E-state index contributed by atoms with van der Waals surface area (Å²) in [7, 11) is -6.59. The van der Waals surface area contributed by atoms with Gasteiger partial charge in [0.05, 0.1) is 0 Å². The average molecular weight is 879 g/mol. The molecule has 64 heavy (non-hydrogen) atoms. The molecule has 10 aromatic rings. The Hall–Kier alpha value is -6.95. The first-order valence-corrected chi connectivity index (χ1v) is 26.5. The molecule has 0 fully saturated rings. The number of hydrogen-bond acceptors (Lipinski definition) is 1. The molecule has 0 atom stereocenters. The Morgan fingerprint density at radius 3 is 0.719 bits per heavy atom. The molecule has 0 saturated heterocycles. The Kier molecular flexibility index (Phi) is 10.6. The van der Waals surface area contributed by atoms with Crippen LogP contribution >= 0.6 is 30.1 Å². The number of rotatable bonds is 10. The second-order valence-corrected chi connectivity index (χ2v) is 24.8. The van der Waals surface area contributed by atoms with E-state index >= 15 is 0 Å². The van der Waals surface area contributed by atoms with Gasteiger partial charge in [0, 0.05) is 58.7 Å². The lowest BCUT2D eigenvalue weighted by molar-refractivity contribution is 0.428. The van der Waals surface area contributed by atoms with E-state index in [1.165, 1.54) is 58.7 Å². The predicted octanol–water partition coefficient (Wildman–Crippen LogP) is 17.8. The molecule has 0 amide bonds. The van der Waals surface area contributed by atoms with Gasteiger partial charge in [-0.05, 0) is 121 Å². The zero-order chi connectivity index (χ0) is 42.8. The van der Waals surface area contributed by atoms with Gasteiger partial charge in [-0.1, -0.05) is 158 Å². The highest BCUT2D eigenvalue weighted by atomic mass is 32.3. The molecule has 10 aromatic carbocycles. The van der Waals surface area contributed by atoms with Crippen molar-refractivity contribution >= 4 is 30.1 Å². The standard InChI is InChI=1S/C60H46OS3/c1-9-27-47(28-10-1)62(48-29-11-2-12-30-48,49-31-13-3-14-32-49)55-43-25-45-57-59(55)61-60-56(44-26-46-58(60)64(57,53-39-21-7-22-40-53)54-41-23-8-24-42-54)63(50-33-15-4-16-34-50,51-35-17-5-18-36-51)52-37-19-6-20-38-52/h1-46H. The van der Waals surface area contributed by atoms with Crippen molar-refractivity contribution in [2.45, 2.75) is 58.7 Å². The van der Waals surface area contributed by atoms with Crippen LogP contribution in [-0.2, 0) is 0 Å². The molecule has 0 aliphatic carbocycles. The van der Waals surface area contributed by atoms with E-state index < -0.39 is 30.1 Å². The molecule has 1 aliphatic rings. The fraction of sp³-hybridized carbons (Fsp3) is 0. The summed E-state index contributed by atoms with van der Waals surface area (Å²) in [6.45, 7) is 0. The lowest BCUT2D eigenvalue weighted by Gasteiger charge is -2.51. The number of benzene rings is 10. The summed E-state index contributed by atoms with van der Waals surface area (Å²) < 4.78 is 8.14. The third-order valence-electron chi connectivity index (χ3n) is 12.2.